The van der Waals surface area contributed by atoms with Crippen molar-refractivity contribution in [1.82, 2.24) is 5.43 Å². The molecule has 0 saturated heterocycles. The van der Waals surface area contributed by atoms with E-state index in [4.69, 9.17) is 18.0 Å². The first-order valence-corrected chi connectivity index (χ1v) is 11.9. The lowest BCUT2D eigenvalue weighted by molar-refractivity contribution is 1.03. The predicted octanol–water partition coefficient (Wildman–Crippen LogP) is 7.13. The van der Waals surface area contributed by atoms with Gasteiger partial charge in [0.2, 0.25) is 0 Å². The van der Waals surface area contributed by atoms with Crippen LogP contribution in [0.4, 0.5) is 0 Å². The van der Waals surface area contributed by atoms with E-state index in [1.165, 1.54) is 0 Å². The van der Waals surface area contributed by atoms with Gasteiger partial charge in [0.25, 0.3) is 0 Å². The summed E-state index contributed by atoms with van der Waals surface area (Å²) in [4.78, 5) is 0. The predicted molar refractivity (Wildman–Crippen MR) is 145 cm³/mol. The quantitative estimate of drug-likeness (QED) is 0.154. The van der Waals surface area contributed by atoms with Gasteiger partial charge in [0, 0.05) is 31.2 Å². The van der Waals surface area contributed by atoms with Gasteiger partial charge in [-0.2, -0.15) is 5.10 Å². The van der Waals surface area contributed by atoms with Crippen molar-refractivity contribution in [2.24, 2.45) is 10.8 Å². The smallest absolute Gasteiger partial charge is 0.184 e. The summed E-state index contributed by atoms with van der Waals surface area (Å²) >= 11 is 12.6. The molecule has 3 nitrogen and oxygen atoms in total. The summed E-state index contributed by atoms with van der Waals surface area (Å²) in [6.07, 6.45) is 0. The first-order chi connectivity index (χ1) is 15.6. The lowest BCUT2D eigenvalue weighted by Crippen LogP contribution is -2.26. The van der Waals surface area contributed by atoms with E-state index in [-0.39, 0.29) is 5.11 Å². The summed E-state index contributed by atoms with van der Waals surface area (Å²) in [5, 5.41) is 4.78. The first kappa shape index (κ1) is 22.4. The molecule has 0 bridgehead atoms. The Bertz CT molecular complexity index is 1200. The van der Waals surface area contributed by atoms with Gasteiger partial charge in [-0.25, -0.2) is 0 Å². The van der Waals surface area contributed by atoms with E-state index in [1.54, 1.807) is 0 Å². The van der Waals surface area contributed by atoms with Crippen LogP contribution in [0.1, 0.15) is 11.1 Å². The van der Waals surface area contributed by atoms with Crippen molar-refractivity contribution in [3.63, 3.8) is 0 Å². The molecule has 158 valence electrons. The molecule has 0 fully saturated rings. The average molecular weight is 565 g/mol. The highest BCUT2D eigenvalue weighted by Crippen LogP contribution is 2.37. The normalized spacial score (nSPS) is 10.4. The van der Waals surface area contributed by atoms with Gasteiger partial charge in [-0.3, -0.25) is 5.43 Å². The van der Waals surface area contributed by atoms with Crippen LogP contribution in [-0.2, 0) is 0 Å². The molecule has 0 amide bonds. The van der Waals surface area contributed by atoms with E-state index in [0.717, 1.165) is 48.0 Å². The number of hydrazone groups is 1. The van der Waals surface area contributed by atoms with Crippen molar-refractivity contribution >= 4 is 54.9 Å². The topological polar surface area (TPSA) is 50.4 Å². The first-order valence-electron chi connectivity index (χ1n) is 9.88. The molecule has 6 heteroatoms. The summed E-state index contributed by atoms with van der Waals surface area (Å²) in [5.74, 6) is 0. The minimum Gasteiger partial charge on any atom is -0.375 e. The Morgan fingerprint density at radius 1 is 0.656 bits per heavy atom. The standard InChI is InChI=1S/C26H19Br2N3S/c27-21-15-7-13-19(23(21)17-9-3-1-4-10-17)25(30-31-26(29)32)20-14-8-16-22(28)24(20)18-11-5-2-6-12-18/h1-16H,(H3,29,31,32). The fraction of sp³-hybridized carbons (Fsp3) is 0. The van der Waals surface area contributed by atoms with E-state index >= 15 is 0 Å². The Labute approximate surface area is 209 Å². The number of halogens is 2. The number of hydrogen-bond donors (Lipinski definition) is 2. The molecule has 0 saturated carbocycles. The van der Waals surface area contributed by atoms with Crippen LogP contribution in [0.2, 0.25) is 0 Å². The molecule has 3 N–H and O–H groups in total. The van der Waals surface area contributed by atoms with Gasteiger partial charge >= 0.3 is 0 Å². The zero-order valence-electron chi connectivity index (χ0n) is 16.9. The van der Waals surface area contributed by atoms with Crippen molar-refractivity contribution in [2.75, 3.05) is 0 Å². The monoisotopic (exact) mass is 563 g/mol. The van der Waals surface area contributed by atoms with Crippen LogP contribution in [0.5, 0.6) is 0 Å². The molecule has 4 aromatic carbocycles. The lowest BCUT2D eigenvalue weighted by atomic mass is 9.89. The van der Waals surface area contributed by atoms with Crippen LogP contribution < -0.4 is 11.2 Å². The van der Waals surface area contributed by atoms with E-state index < -0.39 is 0 Å². The summed E-state index contributed by atoms with van der Waals surface area (Å²) in [6.45, 7) is 0. The Kier molecular flexibility index (Phi) is 7.15. The number of nitrogens with two attached hydrogens (primary N) is 1. The van der Waals surface area contributed by atoms with Crippen molar-refractivity contribution in [2.45, 2.75) is 0 Å². The number of hydrogen-bond acceptors (Lipinski definition) is 2. The van der Waals surface area contributed by atoms with E-state index in [2.05, 4.69) is 78.8 Å². The largest absolute Gasteiger partial charge is 0.375 e. The van der Waals surface area contributed by atoms with Gasteiger partial charge in [-0.15, -0.1) is 0 Å². The van der Waals surface area contributed by atoms with Gasteiger partial charge in [-0.05, 0) is 35.5 Å². The Morgan fingerprint density at radius 3 is 1.50 bits per heavy atom. The number of nitrogens with one attached hydrogen (secondary N) is 1. The summed E-state index contributed by atoms with van der Waals surface area (Å²) in [7, 11) is 0. The third kappa shape index (κ3) is 4.83. The molecule has 0 aliphatic heterocycles. The number of benzene rings is 4. The molecule has 4 aromatic rings. The molecule has 0 aliphatic carbocycles. The third-order valence-corrected chi connectivity index (χ3v) is 6.35. The molecule has 0 heterocycles. The highest BCUT2D eigenvalue weighted by atomic mass is 79.9. The van der Waals surface area contributed by atoms with Crippen LogP contribution in [0, 0.1) is 0 Å². The molecule has 0 atom stereocenters. The highest BCUT2D eigenvalue weighted by molar-refractivity contribution is 9.11. The van der Waals surface area contributed by atoms with Gasteiger partial charge in [-0.1, -0.05) is 117 Å². The Morgan fingerprint density at radius 2 is 1.09 bits per heavy atom. The second-order valence-corrected chi connectivity index (χ2v) is 9.14. The highest BCUT2D eigenvalue weighted by Gasteiger charge is 2.20. The lowest BCUT2D eigenvalue weighted by Gasteiger charge is -2.18. The minimum absolute atomic E-state index is 0.106. The fourth-order valence-corrected chi connectivity index (χ4v) is 4.85. The zero-order chi connectivity index (χ0) is 22.5. The SMILES string of the molecule is NC(=S)NN=C(c1cccc(Br)c1-c1ccccc1)c1cccc(Br)c1-c1ccccc1. The van der Waals surface area contributed by atoms with Crippen LogP contribution in [0.25, 0.3) is 22.3 Å². The number of thiocarbonyl (C=S) groups is 1. The number of nitrogens with zero attached hydrogens (tertiary/aromatic N) is 1. The van der Waals surface area contributed by atoms with Crippen molar-refractivity contribution in [3.05, 3.63) is 117 Å². The van der Waals surface area contributed by atoms with Crippen molar-refractivity contribution in [1.29, 1.82) is 0 Å². The fourth-order valence-electron chi connectivity index (χ4n) is 3.62. The van der Waals surface area contributed by atoms with Crippen LogP contribution >= 0.6 is 44.1 Å². The third-order valence-electron chi connectivity index (χ3n) is 4.94. The van der Waals surface area contributed by atoms with Gasteiger partial charge in [0.15, 0.2) is 5.11 Å². The van der Waals surface area contributed by atoms with E-state index in [9.17, 15) is 0 Å². The van der Waals surface area contributed by atoms with Crippen LogP contribution in [-0.4, -0.2) is 10.8 Å². The molecule has 0 aliphatic rings. The van der Waals surface area contributed by atoms with Gasteiger partial charge < -0.3 is 5.73 Å². The molecular weight excluding hydrogens is 546 g/mol. The number of rotatable bonds is 5. The minimum atomic E-state index is 0.106. The van der Waals surface area contributed by atoms with Crippen molar-refractivity contribution < 1.29 is 0 Å². The summed E-state index contributed by atoms with van der Waals surface area (Å²) in [6, 6.07) is 32.6. The Balaban J connectivity index is 2.02. The molecule has 0 radical (unpaired) electrons. The van der Waals surface area contributed by atoms with Crippen LogP contribution in [0.3, 0.4) is 0 Å². The van der Waals surface area contributed by atoms with Gasteiger partial charge in [0.1, 0.15) is 0 Å². The molecule has 32 heavy (non-hydrogen) atoms. The Hall–Kier alpha value is -2.80. The molecule has 0 unspecified atom stereocenters. The molecule has 0 aromatic heterocycles. The van der Waals surface area contributed by atoms with Crippen molar-refractivity contribution in [3.8, 4) is 22.3 Å². The second kappa shape index (κ2) is 10.2. The maximum Gasteiger partial charge on any atom is 0.184 e. The van der Waals surface area contributed by atoms with Crippen LogP contribution in [0.15, 0.2) is 111 Å². The zero-order valence-corrected chi connectivity index (χ0v) is 20.9. The maximum absolute atomic E-state index is 5.75. The summed E-state index contributed by atoms with van der Waals surface area (Å²) < 4.78 is 1.95. The molecule has 4 rings (SSSR count). The molecule has 0 spiro atoms. The summed E-state index contributed by atoms with van der Waals surface area (Å²) in [5.41, 5.74) is 15.4. The average Bonchev–Trinajstić information content (AvgIpc) is 2.80. The molecular formula is C26H19Br2N3S. The van der Waals surface area contributed by atoms with Gasteiger partial charge in [0.05, 0.1) is 5.71 Å². The van der Waals surface area contributed by atoms with E-state index in [0.29, 0.717) is 0 Å². The maximum atomic E-state index is 5.75. The second-order valence-electron chi connectivity index (χ2n) is 6.99. The van der Waals surface area contributed by atoms with E-state index in [1.807, 2.05) is 60.7 Å².